The summed E-state index contributed by atoms with van der Waals surface area (Å²) in [5, 5.41) is 5.17. The monoisotopic (exact) mass is 820 g/mol. The van der Waals surface area contributed by atoms with Crippen molar-refractivity contribution in [3.05, 3.63) is 23.9 Å². The number of hydrogen-bond acceptors (Lipinski definition) is 11. The summed E-state index contributed by atoms with van der Waals surface area (Å²) >= 11 is 0. The molecule has 1 aromatic heterocycles. The van der Waals surface area contributed by atoms with Crippen LogP contribution in [0.25, 0.3) is 11.0 Å². The third-order valence-corrected chi connectivity index (χ3v) is 14.0. The van der Waals surface area contributed by atoms with Crippen LogP contribution in [-0.2, 0) is 35.6 Å². The molecule has 1 aromatic carbocycles. The van der Waals surface area contributed by atoms with Crippen molar-refractivity contribution in [3.63, 3.8) is 0 Å². The number of fused-ring (bicyclic) bond motifs is 4. The Morgan fingerprint density at radius 2 is 1.75 bits per heavy atom. The highest BCUT2D eigenvalue weighted by Crippen LogP contribution is 2.49. The first-order valence-corrected chi connectivity index (χ1v) is 21.1. The van der Waals surface area contributed by atoms with E-state index in [0.717, 1.165) is 25.7 Å². The van der Waals surface area contributed by atoms with Gasteiger partial charge in [0.1, 0.15) is 41.3 Å². The van der Waals surface area contributed by atoms with Crippen LogP contribution in [0.5, 0.6) is 11.6 Å². The number of carbonyl (C=O) groups is 4. The third kappa shape index (κ3) is 8.75. The lowest BCUT2D eigenvalue weighted by Gasteiger charge is -2.36. The Morgan fingerprint density at radius 3 is 2.39 bits per heavy atom. The molecule has 3 heterocycles. The molecule has 2 aliphatic carbocycles. The standard InChI is InChI=1S/C39H54F2N6O9S/c1-21-12-10-8-9-11-13-26-33(43-27-18-23(54-7)14-15-25(27)42-26)56-28-20-47(34(49)30(37(3,4)5)44-36(51)55-21)29(22(28)2)32(48)45-39(19-24(39)31(40)41)35(50)46-57(52,53)38(6)16-17-38/h14-15,18,21-22,24,28-31H,8-13,16-17,19-20H2,1-7H3,(H,44,51)(H,45,48)(H,46,50)/t21-,22-,24+,28+,29+,30-,39-/m1/s1. The molecule has 3 N–H and O–H groups in total. The number of methoxy groups -OCH3 is 1. The Kier molecular flexibility index (Phi) is 11.7. The van der Waals surface area contributed by atoms with E-state index in [1.807, 2.05) is 4.72 Å². The number of cyclic esters (lactones) is 1. The summed E-state index contributed by atoms with van der Waals surface area (Å²) < 4.78 is 73.0. The summed E-state index contributed by atoms with van der Waals surface area (Å²) in [6.07, 6.45) is -0.805. The van der Waals surface area contributed by atoms with Gasteiger partial charge in [-0.15, -0.1) is 0 Å². The number of rotatable bonds is 7. The van der Waals surface area contributed by atoms with Crippen molar-refractivity contribution in [2.45, 2.75) is 140 Å². The Hall–Kier alpha value is -4.35. The van der Waals surface area contributed by atoms with E-state index >= 15 is 0 Å². The van der Waals surface area contributed by atoms with Crippen LogP contribution in [0.3, 0.4) is 0 Å². The molecule has 2 saturated carbocycles. The maximum atomic E-state index is 14.7. The number of ether oxygens (including phenoxy) is 3. The van der Waals surface area contributed by atoms with E-state index in [9.17, 15) is 36.4 Å². The summed E-state index contributed by atoms with van der Waals surface area (Å²) in [5.41, 5.74) is -1.49. The molecule has 0 spiro atoms. The smallest absolute Gasteiger partial charge is 0.408 e. The average Bonchev–Trinajstić information content (AvgIpc) is 4.04. The number of alkyl halides is 2. The number of carbonyl (C=O) groups excluding carboxylic acids is 4. The fourth-order valence-corrected chi connectivity index (χ4v) is 9.02. The minimum atomic E-state index is -4.24. The zero-order valence-electron chi connectivity index (χ0n) is 33.5. The normalized spacial score (nSPS) is 29.5. The third-order valence-electron chi connectivity index (χ3n) is 11.9. The van der Waals surface area contributed by atoms with Gasteiger partial charge in [-0.1, -0.05) is 40.5 Å². The topological polar surface area (TPSA) is 195 Å². The number of nitrogens with zero attached hydrogens (tertiary/aromatic N) is 3. The van der Waals surface area contributed by atoms with E-state index in [4.69, 9.17) is 24.2 Å². The highest BCUT2D eigenvalue weighted by Gasteiger charge is 2.67. The second-order valence-electron chi connectivity index (χ2n) is 17.4. The second-order valence-corrected chi connectivity index (χ2v) is 19.6. The SMILES string of the molecule is COc1ccc2nc3c(nc2c1)O[C@H]1CN(C(=O)[C@H](C(C)(C)C)NC(=O)O[C@H](C)CCCCCC3)[C@H](C(=O)N[C@]2(C(=O)NS(=O)(=O)C3(C)CC3)C[C@H]2C(F)F)[C@@H]1C. The van der Waals surface area contributed by atoms with Crippen molar-refractivity contribution in [2.24, 2.45) is 17.3 Å². The molecular formula is C39H54F2N6O9S. The molecular weight excluding hydrogens is 767 g/mol. The molecule has 2 aliphatic heterocycles. The molecule has 2 bridgehead atoms. The molecule has 314 valence electrons. The van der Waals surface area contributed by atoms with Crippen LogP contribution in [0.2, 0.25) is 0 Å². The first kappa shape index (κ1) is 42.3. The van der Waals surface area contributed by atoms with E-state index in [2.05, 4.69) is 10.6 Å². The van der Waals surface area contributed by atoms with Gasteiger partial charge in [-0.2, -0.15) is 0 Å². The lowest BCUT2D eigenvalue weighted by Crippen LogP contribution is -2.61. The number of aryl methyl sites for hydroxylation is 1. The molecule has 6 rings (SSSR count). The highest BCUT2D eigenvalue weighted by atomic mass is 32.2. The van der Waals surface area contributed by atoms with Gasteiger partial charge in [-0.3, -0.25) is 19.1 Å². The van der Waals surface area contributed by atoms with Crippen LogP contribution in [0.1, 0.15) is 98.6 Å². The van der Waals surface area contributed by atoms with Crippen LogP contribution in [0.4, 0.5) is 13.6 Å². The summed E-state index contributed by atoms with van der Waals surface area (Å²) in [6, 6.07) is 2.64. The van der Waals surface area contributed by atoms with Gasteiger partial charge in [0.05, 0.1) is 35.4 Å². The highest BCUT2D eigenvalue weighted by molar-refractivity contribution is 7.91. The van der Waals surface area contributed by atoms with Crippen molar-refractivity contribution in [1.29, 1.82) is 0 Å². The van der Waals surface area contributed by atoms with Crippen LogP contribution in [0, 0.1) is 17.3 Å². The van der Waals surface area contributed by atoms with Gasteiger partial charge in [0, 0.05) is 12.0 Å². The van der Waals surface area contributed by atoms with E-state index in [-0.39, 0.29) is 25.3 Å². The number of benzene rings is 1. The quantitative estimate of drug-likeness (QED) is 0.358. The Labute approximate surface area is 331 Å². The molecule has 18 heteroatoms. The number of halogens is 2. The van der Waals surface area contributed by atoms with E-state index in [1.54, 1.807) is 52.8 Å². The van der Waals surface area contributed by atoms with Crippen LogP contribution in [-0.4, -0.2) is 102 Å². The van der Waals surface area contributed by atoms with Crippen LogP contribution < -0.4 is 24.8 Å². The molecule has 1 saturated heterocycles. The maximum Gasteiger partial charge on any atom is 0.408 e. The van der Waals surface area contributed by atoms with Gasteiger partial charge in [-0.25, -0.2) is 32.0 Å². The summed E-state index contributed by atoms with van der Waals surface area (Å²) in [5.74, 6) is -4.67. The van der Waals surface area contributed by atoms with Crippen molar-refractivity contribution in [3.8, 4) is 11.6 Å². The molecule has 4 aliphatic rings. The van der Waals surface area contributed by atoms with Gasteiger partial charge in [-0.05, 0) is 76.3 Å². The lowest BCUT2D eigenvalue weighted by molar-refractivity contribution is -0.143. The molecule has 15 nitrogen and oxygen atoms in total. The number of hydrogen-bond donors (Lipinski definition) is 3. The van der Waals surface area contributed by atoms with Gasteiger partial charge in [0.2, 0.25) is 34.1 Å². The minimum Gasteiger partial charge on any atom is -0.497 e. The zero-order chi connectivity index (χ0) is 41.7. The largest absolute Gasteiger partial charge is 0.497 e. The van der Waals surface area contributed by atoms with Crippen LogP contribution in [0.15, 0.2) is 18.2 Å². The predicted molar refractivity (Wildman–Crippen MR) is 204 cm³/mol. The zero-order valence-corrected chi connectivity index (χ0v) is 34.3. The van der Waals surface area contributed by atoms with Gasteiger partial charge < -0.3 is 29.7 Å². The van der Waals surface area contributed by atoms with Gasteiger partial charge >= 0.3 is 6.09 Å². The average molecular weight is 821 g/mol. The lowest BCUT2D eigenvalue weighted by atomic mass is 9.85. The van der Waals surface area contributed by atoms with Gasteiger partial charge in [0.15, 0.2) is 0 Å². The van der Waals surface area contributed by atoms with E-state index in [0.29, 0.717) is 35.3 Å². The Morgan fingerprint density at radius 1 is 1.05 bits per heavy atom. The van der Waals surface area contributed by atoms with Gasteiger partial charge in [0.25, 0.3) is 5.91 Å². The minimum absolute atomic E-state index is 0.194. The summed E-state index contributed by atoms with van der Waals surface area (Å²) in [6.45, 7) is 9.87. The maximum absolute atomic E-state index is 14.7. The van der Waals surface area contributed by atoms with Crippen LogP contribution >= 0.6 is 0 Å². The summed E-state index contributed by atoms with van der Waals surface area (Å²) in [7, 11) is -2.71. The molecule has 7 atom stereocenters. The molecule has 0 radical (unpaired) electrons. The Balaban J connectivity index is 1.38. The van der Waals surface area contributed by atoms with Crippen molar-refractivity contribution >= 4 is 44.9 Å². The predicted octanol–water partition coefficient (Wildman–Crippen LogP) is 4.41. The fraction of sp³-hybridized carbons (Fsp3) is 0.692. The number of amides is 4. The van der Waals surface area contributed by atoms with Crippen molar-refractivity contribution in [1.82, 2.24) is 30.2 Å². The fourth-order valence-electron chi connectivity index (χ4n) is 7.71. The van der Waals surface area contributed by atoms with E-state index < -0.39 is 98.5 Å². The summed E-state index contributed by atoms with van der Waals surface area (Å²) in [4.78, 5) is 67.0. The second kappa shape index (κ2) is 15.8. The molecule has 2 aromatic rings. The van der Waals surface area contributed by atoms with Crippen molar-refractivity contribution in [2.75, 3.05) is 13.7 Å². The first-order valence-electron chi connectivity index (χ1n) is 19.7. The molecule has 0 unspecified atom stereocenters. The van der Waals surface area contributed by atoms with E-state index in [1.165, 1.54) is 18.9 Å². The molecule has 57 heavy (non-hydrogen) atoms. The van der Waals surface area contributed by atoms with Crippen molar-refractivity contribution < 1.29 is 50.6 Å². The molecule has 4 amide bonds. The molecule has 3 fully saturated rings. The first-order chi connectivity index (χ1) is 26.7. The number of sulfonamides is 1. The number of aromatic nitrogens is 2. The Bertz CT molecular complexity index is 2010. The number of alkyl carbamates (subject to hydrolysis) is 1. The number of nitrogens with one attached hydrogen (secondary N) is 3.